The lowest BCUT2D eigenvalue weighted by atomic mass is 10.2. The van der Waals surface area contributed by atoms with Crippen molar-refractivity contribution in [2.24, 2.45) is 0 Å². The van der Waals surface area contributed by atoms with Gasteiger partial charge in [0.15, 0.2) is 0 Å². The Morgan fingerprint density at radius 1 is 0.966 bits per heavy atom. The summed E-state index contributed by atoms with van der Waals surface area (Å²) in [5, 5.41) is 11.9. The molecule has 0 unspecified atom stereocenters. The largest absolute Gasteiger partial charge is 0.296 e. The summed E-state index contributed by atoms with van der Waals surface area (Å²) in [5.74, 6) is -0.420. The van der Waals surface area contributed by atoms with Crippen LogP contribution < -0.4 is 5.32 Å². The van der Waals surface area contributed by atoms with Crippen LogP contribution in [0.15, 0.2) is 59.5 Å². The number of aromatic nitrogens is 2. The predicted octanol–water partition coefficient (Wildman–Crippen LogP) is 3.63. The van der Waals surface area contributed by atoms with Crippen LogP contribution in [0.2, 0.25) is 0 Å². The average molecular weight is 429 g/mol. The Morgan fingerprint density at radius 2 is 1.72 bits per heavy atom. The van der Waals surface area contributed by atoms with Gasteiger partial charge in [-0.1, -0.05) is 54.2 Å². The number of benzene rings is 2. The monoisotopic (exact) mass is 428 g/mol. The molecule has 4 rings (SSSR count). The minimum Gasteiger partial charge on any atom is -0.296 e. The van der Waals surface area contributed by atoms with Crippen LogP contribution >= 0.6 is 11.3 Å². The maximum Gasteiger partial charge on any atom is 0.257 e. The molecule has 1 amide bonds. The molecule has 9 heteroatoms. The highest BCUT2D eigenvalue weighted by atomic mass is 32.2. The van der Waals surface area contributed by atoms with Crippen molar-refractivity contribution in [3.8, 4) is 10.6 Å². The van der Waals surface area contributed by atoms with Gasteiger partial charge in [0.25, 0.3) is 5.91 Å². The predicted molar refractivity (Wildman–Crippen MR) is 112 cm³/mol. The number of hydrogen-bond acceptors (Lipinski definition) is 6. The van der Waals surface area contributed by atoms with Crippen LogP contribution in [0.3, 0.4) is 0 Å². The van der Waals surface area contributed by atoms with Gasteiger partial charge in [0.05, 0.1) is 4.90 Å². The summed E-state index contributed by atoms with van der Waals surface area (Å²) >= 11 is 1.26. The lowest BCUT2D eigenvalue weighted by molar-refractivity contribution is 0.102. The molecule has 1 fully saturated rings. The standard InChI is InChI=1S/C20H20N4O3S2/c25-18(21-20-23-22-19(28-20)15-8-3-1-4-9-15)16-10-7-11-17(14-16)29(26,27)24-12-5-2-6-13-24/h1,3-4,7-11,14H,2,5-6,12-13H2,(H,21,23,25). The van der Waals surface area contributed by atoms with E-state index in [1.54, 1.807) is 12.1 Å². The molecule has 3 aromatic rings. The van der Waals surface area contributed by atoms with E-state index in [0.717, 1.165) is 24.8 Å². The van der Waals surface area contributed by atoms with Crippen molar-refractivity contribution in [1.29, 1.82) is 0 Å². The number of carbonyl (C=O) groups is 1. The second kappa shape index (κ2) is 8.40. The molecule has 0 bridgehead atoms. The Hall–Kier alpha value is -2.62. The van der Waals surface area contributed by atoms with Gasteiger partial charge in [-0.25, -0.2) is 8.42 Å². The van der Waals surface area contributed by atoms with E-state index in [0.29, 0.717) is 23.2 Å². The number of sulfonamides is 1. The van der Waals surface area contributed by atoms with Crippen LogP contribution in [0.4, 0.5) is 5.13 Å². The summed E-state index contributed by atoms with van der Waals surface area (Å²) in [6.45, 7) is 1.04. The second-order valence-electron chi connectivity index (χ2n) is 6.73. The van der Waals surface area contributed by atoms with Crippen LogP contribution in [0.25, 0.3) is 10.6 Å². The number of nitrogens with one attached hydrogen (secondary N) is 1. The normalized spacial score (nSPS) is 15.2. The molecule has 1 saturated heterocycles. The summed E-state index contributed by atoms with van der Waals surface area (Å²) in [7, 11) is -3.59. The molecule has 29 heavy (non-hydrogen) atoms. The zero-order chi connectivity index (χ0) is 20.3. The molecule has 1 aromatic heterocycles. The van der Waals surface area contributed by atoms with E-state index >= 15 is 0 Å². The van der Waals surface area contributed by atoms with Crippen molar-refractivity contribution < 1.29 is 13.2 Å². The molecule has 0 spiro atoms. The average Bonchev–Trinajstić information content (AvgIpc) is 3.23. The van der Waals surface area contributed by atoms with Gasteiger partial charge in [0, 0.05) is 24.2 Å². The number of rotatable bonds is 5. The van der Waals surface area contributed by atoms with Gasteiger partial charge < -0.3 is 0 Å². The van der Waals surface area contributed by atoms with Crippen molar-refractivity contribution >= 4 is 32.4 Å². The van der Waals surface area contributed by atoms with Crippen LogP contribution in [0, 0.1) is 0 Å². The number of anilines is 1. The summed E-state index contributed by atoms with van der Waals surface area (Å²) in [5.41, 5.74) is 1.18. The third-order valence-corrected chi connectivity index (χ3v) is 7.50. The molecule has 150 valence electrons. The molecule has 1 aliphatic heterocycles. The topological polar surface area (TPSA) is 92.3 Å². The minimum atomic E-state index is -3.59. The second-order valence-corrected chi connectivity index (χ2v) is 9.64. The molecule has 1 aliphatic rings. The molecule has 0 radical (unpaired) electrons. The van der Waals surface area contributed by atoms with Gasteiger partial charge in [-0.15, -0.1) is 10.2 Å². The SMILES string of the molecule is O=C(Nc1nnc(-c2ccccc2)s1)c1cccc(S(=O)(=O)N2CCCCC2)c1. The quantitative estimate of drug-likeness (QED) is 0.670. The lowest BCUT2D eigenvalue weighted by Crippen LogP contribution is -2.35. The van der Waals surface area contributed by atoms with Gasteiger partial charge in [0.2, 0.25) is 15.2 Å². The number of hydrogen-bond donors (Lipinski definition) is 1. The first kappa shape index (κ1) is 19.7. The molecule has 0 saturated carbocycles. The van der Waals surface area contributed by atoms with Gasteiger partial charge in [-0.05, 0) is 31.0 Å². The van der Waals surface area contributed by atoms with E-state index in [9.17, 15) is 13.2 Å². The first-order chi connectivity index (χ1) is 14.0. The van der Waals surface area contributed by atoms with Crippen molar-refractivity contribution in [2.45, 2.75) is 24.2 Å². The Bertz CT molecular complexity index is 1110. The maximum absolute atomic E-state index is 12.9. The lowest BCUT2D eigenvalue weighted by Gasteiger charge is -2.26. The van der Waals surface area contributed by atoms with Crippen LogP contribution in [-0.4, -0.2) is 41.9 Å². The van der Waals surface area contributed by atoms with Crippen molar-refractivity contribution in [3.63, 3.8) is 0 Å². The van der Waals surface area contributed by atoms with Crippen LogP contribution in [0.5, 0.6) is 0 Å². The molecular weight excluding hydrogens is 408 g/mol. The molecular formula is C20H20N4O3S2. The third kappa shape index (κ3) is 4.36. The van der Waals surface area contributed by atoms with Gasteiger partial charge in [0.1, 0.15) is 5.01 Å². The van der Waals surface area contributed by atoms with E-state index in [1.807, 2.05) is 30.3 Å². The Labute approximate surface area is 173 Å². The van der Waals surface area contributed by atoms with E-state index in [1.165, 1.54) is 27.8 Å². The summed E-state index contributed by atoms with van der Waals surface area (Å²) in [6.07, 6.45) is 2.77. The number of amides is 1. The fraction of sp³-hybridized carbons (Fsp3) is 0.250. The maximum atomic E-state index is 12.9. The smallest absolute Gasteiger partial charge is 0.257 e. The first-order valence-corrected chi connectivity index (χ1v) is 11.6. The molecule has 2 aromatic carbocycles. The third-order valence-electron chi connectivity index (χ3n) is 4.72. The Morgan fingerprint density at radius 3 is 2.48 bits per heavy atom. The fourth-order valence-electron chi connectivity index (χ4n) is 3.19. The van der Waals surface area contributed by atoms with Crippen LogP contribution in [0.1, 0.15) is 29.6 Å². The van der Waals surface area contributed by atoms with E-state index < -0.39 is 15.9 Å². The molecule has 1 N–H and O–H groups in total. The zero-order valence-corrected chi connectivity index (χ0v) is 17.2. The van der Waals surface area contributed by atoms with Gasteiger partial charge in [-0.3, -0.25) is 10.1 Å². The highest BCUT2D eigenvalue weighted by Crippen LogP contribution is 2.27. The number of nitrogens with zero attached hydrogens (tertiary/aromatic N) is 3. The summed E-state index contributed by atoms with van der Waals surface area (Å²) < 4.78 is 27.2. The van der Waals surface area contributed by atoms with Crippen molar-refractivity contribution in [1.82, 2.24) is 14.5 Å². The van der Waals surface area contributed by atoms with Gasteiger partial charge >= 0.3 is 0 Å². The minimum absolute atomic E-state index is 0.134. The Balaban J connectivity index is 1.51. The fourth-order valence-corrected chi connectivity index (χ4v) is 5.50. The zero-order valence-electron chi connectivity index (χ0n) is 15.6. The molecule has 0 aliphatic carbocycles. The first-order valence-electron chi connectivity index (χ1n) is 9.34. The number of piperidine rings is 1. The summed E-state index contributed by atoms with van der Waals surface area (Å²) in [4.78, 5) is 12.8. The number of carbonyl (C=O) groups excluding carboxylic acids is 1. The Kier molecular flexibility index (Phi) is 5.70. The van der Waals surface area contributed by atoms with Crippen LogP contribution in [-0.2, 0) is 10.0 Å². The molecule has 7 nitrogen and oxygen atoms in total. The van der Waals surface area contributed by atoms with Gasteiger partial charge in [-0.2, -0.15) is 4.31 Å². The molecule has 0 atom stereocenters. The van der Waals surface area contributed by atoms with E-state index in [2.05, 4.69) is 15.5 Å². The molecule has 2 heterocycles. The van der Waals surface area contributed by atoms with Crippen molar-refractivity contribution in [3.05, 3.63) is 60.2 Å². The summed E-state index contributed by atoms with van der Waals surface area (Å²) in [6, 6.07) is 15.7. The van der Waals surface area contributed by atoms with E-state index in [4.69, 9.17) is 0 Å². The highest BCUT2D eigenvalue weighted by molar-refractivity contribution is 7.89. The van der Waals surface area contributed by atoms with Crippen molar-refractivity contribution in [2.75, 3.05) is 18.4 Å². The highest BCUT2D eigenvalue weighted by Gasteiger charge is 2.26. The van der Waals surface area contributed by atoms with E-state index in [-0.39, 0.29) is 10.5 Å².